The lowest BCUT2D eigenvalue weighted by Gasteiger charge is -2.06. The lowest BCUT2D eigenvalue weighted by molar-refractivity contribution is -0.121. The highest BCUT2D eigenvalue weighted by molar-refractivity contribution is 5.89. The summed E-state index contributed by atoms with van der Waals surface area (Å²) in [5, 5.41) is 11.5. The molecule has 2 N–H and O–H groups in total. The fraction of sp³-hybridized carbons (Fsp3) is 0.176. The molecule has 3 aromatic rings. The average molecular weight is 369 g/mol. The summed E-state index contributed by atoms with van der Waals surface area (Å²) in [5.74, 6) is -0.784. The number of aryl methyl sites for hydroxylation is 1. The van der Waals surface area contributed by atoms with E-state index in [1.54, 1.807) is 19.2 Å². The van der Waals surface area contributed by atoms with Crippen LogP contribution in [-0.2, 0) is 16.1 Å². The molecule has 0 fully saturated rings. The molecule has 10 nitrogen and oxygen atoms in total. The number of pyridine rings is 1. The summed E-state index contributed by atoms with van der Waals surface area (Å²) in [7, 11) is 0. The fourth-order valence-electron chi connectivity index (χ4n) is 2.13. The number of hydrogen-bond acceptors (Lipinski definition) is 9. The minimum absolute atomic E-state index is 0.0704. The monoisotopic (exact) mass is 369 g/mol. The van der Waals surface area contributed by atoms with Gasteiger partial charge in [0, 0.05) is 12.3 Å². The average Bonchev–Trinajstić information content (AvgIpc) is 3.06. The highest BCUT2D eigenvalue weighted by Gasteiger charge is 2.17. The zero-order valence-electron chi connectivity index (χ0n) is 14.3. The Labute approximate surface area is 153 Å². The Bertz CT molecular complexity index is 940. The zero-order valence-corrected chi connectivity index (χ0v) is 14.3. The minimum atomic E-state index is -0.805. The van der Waals surface area contributed by atoms with Crippen LogP contribution in [0.3, 0.4) is 0 Å². The minimum Gasteiger partial charge on any atom is -0.472 e. The predicted octanol–water partition coefficient (Wildman–Crippen LogP) is 1.06. The molecule has 0 aliphatic carbocycles. The SMILES string of the molecule is Cc1onc(-c2ccccn2)c1COc1ccc(C(=O)OCC(N)=O)nn1. The molecular formula is C17H15N5O5. The number of primary amides is 1. The number of amides is 1. The van der Waals surface area contributed by atoms with Gasteiger partial charge in [0.15, 0.2) is 12.3 Å². The van der Waals surface area contributed by atoms with Gasteiger partial charge in [0.25, 0.3) is 5.91 Å². The summed E-state index contributed by atoms with van der Waals surface area (Å²) in [6.07, 6.45) is 1.66. The third kappa shape index (κ3) is 4.42. The number of nitrogens with zero attached hydrogens (tertiary/aromatic N) is 4. The fourth-order valence-corrected chi connectivity index (χ4v) is 2.13. The van der Waals surface area contributed by atoms with Crippen LogP contribution in [0, 0.1) is 6.92 Å². The van der Waals surface area contributed by atoms with E-state index in [4.69, 9.17) is 15.0 Å². The van der Waals surface area contributed by atoms with E-state index in [0.29, 0.717) is 17.1 Å². The largest absolute Gasteiger partial charge is 0.472 e. The lowest BCUT2D eigenvalue weighted by Crippen LogP contribution is -2.21. The first-order chi connectivity index (χ1) is 13.0. The normalized spacial score (nSPS) is 10.4. The Hall–Kier alpha value is -3.82. The molecule has 1 amide bonds. The van der Waals surface area contributed by atoms with Gasteiger partial charge in [-0.05, 0) is 25.1 Å². The molecule has 0 saturated heterocycles. The molecule has 0 aliphatic heterocycles. The van der Waals surface area contributed by atoms with Crippen LogP contribution in [-0.4, -0.2) is 38.8 Å². The van der Waals surface area contributed by atoms with Gasteiger partial charge in [-0.25, -0.2) is 4.79 Å². The topological polar surface area (TPSA) is 143 Å². The van der Waals surface area contributed by atoms with E-state index in [0.717, 1.165) is 5.56 Å². The molecule has 10 heteroatoms. The first-order valence-corrected chi connectivity index (χ1v) is 7.83. The first kappa shape index (κ1) is 18.0. The second-order valence-electron chi connectivity index (χ2n) is 5.37. The van der Waals surface area contributed by atoms with Gasteiger partial charge in [-0.2, -0.15) is 0 Å². The molecule has 0 aliphatic rings. The first-order valence-electron chi connectivity index (χ1n) is 7.83. The Kier molecular flexibility index (Phi) is 5.36. The number of rotatable bonds is 7. The van der Waals surface area contributed by atoms with E-state index >= 15 is 0 Å². The number of hydrogen-bond donors (Lipinski definition) is 1. The van der Waals surface area contributed by atoms with E-state index in [1.165, 1.54) is 12.1 Å². The van der Waals surface area contributed by atoms with Crippen molar-refractivity contribution in [3.63, 3.8) is 0 Å². The van der Waals surface area contributed by atoms with Gasteiger partial charge in [-0.1, -0.05) is 11.2 Å². The summed E-state index contributed by atoms with van der Waals surface area (Å²) >= 11 is 0. The molecule has 0 spiro atoms. The van der Waals surface area contributed by atoms with Crippen molar-refractivity contribution >= 4 is 11.9 Å². The molecular weight excluding hydrogens is 354 g/mol. The van der Waals surface area contributed by atoms with Gasteiger partial charge in [0.1, 0.15) is 18.1 Å². The predicted molar refractivity (Wildman–Crippen MR) is 90.3 cm³/mol. The van der Waals surface area contributed by atoms with Crippen molar-refractivity contribution in [3.8, 4) is 17.3 Å². The van der Waals surface area contributed by atoms with Gasteiger partial charge in [-0.3, -0.25) is 9.78 Å². The summed E-state index contributed by atoms with van der Waals surface area (Å²) in [5.41, 5.74) is 6.79. The van der Waals surface area contributed by atoms with Gasteiger partial charge in [0.05, 0.1) is 11.3 Å². The number of aromatic nitrogens is 4. The highest BCUT2D eigenvalue weighted by Crippen LogP contribution is 2.24. The number of nitrogens with two attached hydrogens (primary N) is 1. The molecule has 3 aromatic heterocycles. The second kappa shape index (κ2) is 8.04. The molecule has 3 rings (SSSR count). The van der Waals surface area contributed by atoms with Crippen LogP contribution in [0.4, 0.5) is 0 Å². The molecule has 0 bridgehead atoms. The molecule has 0 radical (unpaired) electrons. The van der Waals surface area contributed by atoms with E-state index in [1.807, 2.05) is 12.1 Å². The van der Waals surface area contributed by atoms with Crippen LogP contribution in [0.2, 0.25) is 0 Å². The van der Waals surface area contributed by atoms with Crippen LogP contribution in [0.5, 0.6) is 5.88 Å². The molecule has 0 aromatic carbocycles. The summed E-state index contributed by atoms with van der Waals surface area (Å²) in [6, 6.07) is 8.28. The van der Waals surface area contributed by atoms with Crippen LogP contribution < -0.4 is 10.5 Å². The maximum Gasteiger partial charge on any atom is 0.359 e. The highest BCUT2D eigenvalue weighted by atomic mass is 16.5. The van der Waals surface area contributed by atoms with Crippen molar-refractivity contribution in [1.82, 2.24) is 20.3 Å². The third-order valence-electron chi connectivity index (χ3n) is 3.45. The van der Waals surface area contributed by atoms with Gasteiger partial charge < -0.3 is 19.7 Å². The Balaban J connectivity index is 1.67. The number of carbonyl (C=O) groups is 2. The Morgan fingerprint density at radius 2 is 2.04 bits per heavy atom. The molecule has 0 unspecified atom stereocenters. The summed E-state index contributed by atoms with van der Waals surface area (Å²) in [6.45, 7) is 1.37. The Morgan fingerprint density at radius 1 is 1.19 bits per heavy atom. The molecule has 0 atom stereocenters. The van der Waals surface area contributed by atoms with Crippen LogP contribution >= 0.6 is 0 Å². The van der Waals surface area contributed by atoms with Crippen molar-refractivity contribution in [2.75, 3.05) is 6.61 Å². The van der Waals surface area contributed by atoms with E-state index < -0.39 is 18.5 Å². The maximum atomic E-state index is 11.7. The van der Waals surface area contributed by atoms with Crippen molar-refractivity contribution in [3.05, 3.63) is 53.5 Å². The lowest BCUT2D eigenvalue weighted by atomic mass is 10.1. The van der Waals surface area contributed by atoms with Gasteiger partial charge >= 0.3 is 5.97 Å². The maximum absolute atomic E-state index is 11.7. The van der Waals surface area contributed by atoms with E-state index in [9.17, 15) is 9.59 Å². The number of ether oxygens (including phenoxy) is 2. The Morgan fingerprint density at radius 3 is 2.70 bits per heavy atom. The van der Waals surface area contributed by atoms with Crippen molar-refractivity contribution in [2.24, 2.45) is 5.73 Å². The summed E-state index contributed by atoms with van der Waals surface area (Å²) < 4.78 is 15.5. The second-order valence-corrected chi connectivity index (χ2v) is 5.37. The molecule has 27 heavy (non-hydrogen) atoms. The van der Waals surface area contributed by atoms with Crippen LogP contribution in [0.1, 0.15) is 21.8 Å². The number of esters is 1. The smallest absolute Gasteiger partial charge is 0.359 e. The molecule has 138 valence electrons. The van der Waals surface area contributed by atoms with E-state index in [-0.39, 0.29) is 18.2 Å². The molecule has 3 heterocycles. The summed E-state index contributed by atoms with van der Waals surface area (Å²) in [4.78, 5) is 26.5. The quantitative estimate of drug-likeness (QED) is 0.604. The standard InChI is InChI=1S/C17H15N5O5/c1-10-11(16(22-27-10)12-4-2-3-7-19-12)8-25-15-6-5-13(20-21-15)17(24)26-9-14(18)23/h2-7H,8-9H2,1H3,(H2,18,23). The van der Waals surface area contributed by atoms with Crippen molar-refractivity contribution in [2.45, 2.75) is 13.5 Å². The van der Waals surface area contributed by atoms with Crippen LogP contribution in [0.25, 0.3) is 11.4 Å². The van der Waals surface area contributed by atoms with E-state index in [2.05, 4.69) is 25.1 Å². The third-order valence-corrected chi connectivity index (χ3v) is 3.45. The molecule has 0 saturated carbocycles. The zero-order chi connectivity index (χ0) is 19.2. The van der Waals surface area contributed by atoms with Gasteiger partial charge in [-0.15, -0.1) is 10.2 Å². The van der Waals surface area contributed by atoms with Crippen molar-refractivity contribution in [1.29, 1.82) is 0 Å². The van der Waals surface area contributed by atoms with Crippen molar-refractivity contribution < 1.29 is 23.6 Å². The van der Waals surface area contributed by atoms with Crippen LogP contribution in [0.15, 0.2) is 41.1 Å². The number of carbonyl (C=O) groups excluding carboxylic acids is 2. The van der Waals surface area contributed by atoms with Gasteiger partial charge in [0.2, 0.25) is 5.88 Å².